The molecule has 1 saturated heterocycles. The molecule has 0 bridgehead atoms. The standard InChI is InChI=1S/C18H26N2O3/c1-3-23-18(22)16-5-4-10-20(12-16)13-17(21)19-11-15-8-6-14(2)7-9-15/h6-9,16H,3-5,10-13H2,1-2H3,(H,19,21). The quantitative estimate of drug-likeness (QED) is 0.814. The molecule has 0 saturated carbocycles. The predicted octanol–water partition coefficient (Wildman–Crippen LogP) is 1.89. The number of carbonyl (C=O) groups is 2. The SMILES string of the molecule is CCOC(=O)C1CCCN(CC(=O)NCc2ccc(C)cc2)C1. The van der Waals surface area contributed by atoms with Crippen LogP contribution >= 0.6 is 0 Å². The molecule has 0 aliphatic carbocycles. The van der Waals surface area contributed by atoms with Gasteiger partial charge in [0, 0.05) is 13.1 Å². The van der Waals surface area contributed by atoms with Crippen molar-refractivity contribution in [3.63, 3.8) is 0 Å². The van der Waals surface area contributed by atoms with Gasteiger partial charge in [-0.2, -0.15) is 0 Å². The molecular formula is C18H26N2O3. The van der Waals surface area contributed by atoms with Crippen LogP contribution in [0.2, 0.25) is 0 Å². The van der Waals surface area contributed by atoms with Gasteiger partial charge in [0.2, 0.25) is 5.91 Å². The van der Waals surface area contributed by atoms with Crippen molar-refractivity contribution in [1.82, 2.24) is 10.2 Å². The highest BCUT2D eigenvalue weighted by Gasteiger charge is 2.27. The van der Waals surface area contributed by atoms with E-state index in [2.05, 4.69) is 5.32 Å². The van der Waals surface area contributed by atoms with Gasteiger partial charge in [0.25, 0.3) is 0 Å². The van der Waals surface area contributed by atoms with Crippen molar-refractivity contribution in [3.8, 4) is 0 Å². The number of nitrogens with one attached hydrogen (secondary N) is 1. The highest BCUT2D eigenvalue weighted by Crippen LogP contribution is 2.17. The van der Waals surface area contributed by atoms with E-state index in [9.17, 15) is 9.59 Å². The monoisotopic (exact) mass is 318 g/mol. The number of esters is 1. The summed E-state index contributed by atoms with van der Waals surface area (Å²) in [5, 5.41) is 2.94. The Morgan fingerprint density at radius 2 is 2.04 bits per heavy atom. The molecule has 1 aromatic rings. The normalized spacial score (nSPS) is 18.4. The molecule has 0 spiro atoms. The molecule has 5 heteroatoms. The van der Waals surface area contributed by atoms with Gasteiger partial charge in [0.15, 0.2) is 0 Å². The zero-order valence-electron chi connectivity index (χ0n) is 14.0. The first-order chi connectivity index (χ1) is 11.1. The van der Waals surface area contributed by atoms with Crippen molar-refractivity contribution in [3.05, 3.63) is 35.4 Å². The van der Waals surface area contributed by atoms with E-state index in [-0.39, 0.29) is 17.8 Å². The first-order valence-electron chi connectivity index (χ1n) is 8.29. The number of carbonyl (C=O) groups excluding carboxylic acids is 2. The Labute approximate surface area is 138 Å². The Bertz CT molecular complexity index is 528. The third-order valence-corrected chi connectivity index (χ3v) is 4.10. The molecule has 1 aromatic carbocycles. The van der Waals surface area contributed by atoms with E-state index >= 15 is 0 Å². The summed E-state index contributed by atoms with van der Waals surface area (Å²) in [6.07, 6.45) is 1.77. The van der Waals surface area contributed by atoms with Gasteiger partial charge < -0.3 is 10.1 Å². The second kappa shape index (κ2) is 8.67. The lowest BCUT2D eigenvalue weighted by Gasteiger charge is -2.30. The lowest BCUT2D eigenvalue weighted by molar-refractivity contribution is -0.150. The number of likely N-dealkylation sites (tertiary alicyclic amines) is 1. The summed E-state index contributed by atoms with van der Waals surface area (Å²) in [6.45, 7) is 6.60. The maximum Gasteiger partial charge on any atom is 0.310 e. The van der Waals surface area contributed by atoms with Crippen LogP contribution in [0, 0.1) is 12.8 Å². The summed E-state index contributed by atoms with van der Waals surface area (Å²) in [5.41, 5.74) is 2.30. The highest BCUT2D eigenvalue weighted by molar-refractivity contribution is 5.78. The van der Waals surface area contributed by atoms with Crippen LogP contribution in [0.4, 0.5) is 0 Å². The number of piperidine rings is 1. The van der Waals surface area contributed by atoms with E-state index in [0.717, 1.165) is 24.9 Å². The smallest absolute Gasteiger partial charge is 0.310 e. The third kappa shape index (κ3) is 5.67. The molecule has 1 atom stereocenters. The zero-order chi connectivity index (χ0) is 16.7. The van der Waals surface area contributed by atoms with Crippen molar-refractivity contribution < 1.29 is 14.3 Å². The fraction of sp³-hybridized carbons (Fsp3) is 0.556. The molecule has 126 valence electrons. The van der Waals surface area contributed by atoms with Crippen LogP contribution < -0.4 is 5.32 Å². The largest absolute Gasteiger partial charge is 0.466 e. The molecule has 5 nitrogen and oxygen atoms in total. The first-order valence-corrected chi connectivity index (χ1v) is 8.29. The first kappa shape index (κ1) is 17.5. The van der Waals surface area contributed by atoms with Crippen molar-refractivity contribution >= 4 is 11.9 Å². The number of benzene rings is 1. The minimum atomic E-state index is -0.141. The fourth-order valence-electron chi connectivity index (χ4n) is 2.82. The molecule has 23 heavy (non-hydrogen) atoms. The van der Waals surface area contributed by atoms with Crippen molar-refractivity contribution in [2.45, 2.75) is 33.2 Å². The van der Waals surface area contributed by atoms with Gasteiger partial charge in [0.05, 0.1) is 19.1 Å². The number of hydrogen-bond acceptors (Lipinski definition) is 4. The van der Waals surface area contributed by atoms with Crippen LogP contribution in [0.15, 0.2) is 24.3 Å². The molecule has 1 aliphatic rings. The van der Waals surface area contributed by atoms with Crippen LogP contribution in [0.3, 0.4) is 0 Å². The van der Waals surface area contributed by atoms with Crippen molar-refractivity contribution in [2.75, 3.05) is 26.2 Å². The van der Waals surface area contributed by atoms with Gasteiger partial charge in [0.1, 0.15) is 0 Å². The topological polar surface area (TPSA) is 58.6 Å². The molecule has 1 aliphatic heterocycles. The average Bonchev–Trinajstić information content (AvgIpc) is 2.55. The molecule has 2 rings (SSSR count). The van der Waals surface area contributed by atoms with E-state index in [4.69, 9.17) is 4.74 Å². The second-order valence-electron chi connectivity index (χ2n) is 6.09. The van der Waals surface area contributed by atoms with Crippen LogP contribution in [0.25, 0.3) is 0 Å². The maximum absolute atomic E-state index is 12.1. The number of rotatable bonds is 6. The van der Waals surface area contributed by atoms with Gasteiger partial charge in [-0.25, -0.2) is 0 Å². The molecule has 0 aromatic heterocycles. The summed E-state index contributed by atoms with van der Waals surface area (Å²) in [5.74, 6) is -0.249. The summed E-state index contributed by atoms with van der Waals surface area (Å²) in [6, 6.07) is 8.12. The Hall–Kier alpha value is -1.88. The predicted molar refractivity (Wildman–Crippen MR) is 88.8 cm³/mol. The van der Waals surface area contributed by atoms with E-state index in [1.54, 1.807) is 0 Å². The summed E-state index contributed by atoms with van der Waals surface area (Å²) >= 11 is 0. The summed E-state index contributed by atoms with van der Waals surface area (Å²) in [7, 11) is 0. The number of nitrogens with zero attached hydrogens (tertiary/aromatic N) is 1. The summed E-state index contributed by atoms with van der Waals surface area (Å²) < 4.78 is 5.08. The number of amides is 1. The average molecular weight is 318 g/mol. The third-order valence-electron chi connectivity index (χ3n) is 4.10. The van der Waals surface area contributed by atoms with Crippen LogP contribution in [0.5, 0.6) is 0 Å². The number of aryl methyl sites for hydroxylation is 1. The highest BCUT2D eigenvalue weighted by atomic mass is 16.5. The Kier molecular flexibility index (Phi) is 6.59. The second-order valence-corrected chi connectivity index (χ2v) is 6.09. The molecule has 1 unspecified atom stereocenters. The van der Waals surface area contributed by atoms with Gasteiger partial charge in [-0.1, -0.05) is 29.8 Å². The molecule has 1 fully saturated rings. The van der Waals surface area contributed by atoms with E-state index < -0.39 is 0 Å². The summed E-state index contributed by atoms with van der Waals surface area (Å²) in [4.78, 5) is 25.9. The Morgan fingerprint density at radius 3 is 2.74 bits per heavy atom. The number of ether oxygens (including phenoxy) is 1. The molecule has 1 N–H and O–H groups in total. The van der Waals surface area contributed by atoms with Gasteiger partial charge in [-0.3, -0.25) is 14.5 Å². The minimum Gasteiger partial charge on any atom is -0.466 e. The molecular weight excluding hydrogens is 292 g/mol. The van der Waals surface area contributed by atoms with Crippen molar-refractivity contribution in [1.29, 1.82) is 0 Å². The Balaban J connectivity index is 1.76. The maximum atomic E-state index is 12.1. The minimum absolute atomic E-state index is 0.00455. The van der Waals surface area contributed by atoms with Crippen LogP contribution in [0.1, 0.15) is 30.9 Å². The van der Waals surface area contributed by atoms with Crippen LogP contribution in [-0.4, -0.2) is 43.0 Å². The Morgan fingerprint density at radius 1 is 1.30 bits per heavy atom. The van der Waals surface area contributed by atoms with Gasteiger partial charge in [-0.05, 0) is 38.8 Å². The lowest BCUT2D eigenvalue weighted by atomic mass is 9.98. The van der Waals surface area contributed by atoms with Crippen LogP contribution in [-0.2, 0) is 20.9 Å². The van der Waals surface area contributed by atoms with Gasteiger partial charge >= 0.3 is 5.97 Å². The molecule has 1 amide bonds. The van der Waals surface area contributed by atoms with Crippen molar-refractivity contribution in [2.24, 2.45) is 5.92 Å². The zero-order valence-corrected chi connectivity index (χ0v) is 14.0. The number of hydrogen-bond donors (Lipinski definition) is 1. The van der Waals surface area contributed by atoms with E-state index in [0.29, 0.717) is 26.2 Å². The van der Waals surface area contributed by atoms with Gasteiger partial charge in [-0.15, -0.1) is 0 Å². The molecule has 1 heterocycles. The fourth-order valence-corrected chi connectivity index (χ4v) is 2.82. The van der Waals surface area contributed by atoms with E-state index in [1.807, 2.05) is 43.0 Å². The van der Waals surface area contributed by atoms with E-state index in [1.165, 1.54) is 5.56 Å². The lowest BCUT2D eigenvalue weighted by Crippen LogP contribution is -2.44. The molecule has 0 radical (unpaired) electrons.